The van der Waals surface area contributed by atoms with Crippen molar-refractivity contribution in [3.05, 3.63) is 28.5 Å². The van der Waals surface area contributed by atoms with Gasteiger partial charge in [-0.25, -0.2) is 0 Å². The van der Waals surface area contributed by atoms with Crippen molar-refractivity contribution in [2.75, 3.05) is 0 Å². The Morgan fingerprint density at radius 1 is 1.50 bits per heavy atom. The third-order valence-electron chi connectivity index (χ3n) is 2.03. The summed E-state index contributed by atoms with van der Waals surface area (Å²) in [6, 6.07) is 2.01. The summed E-state index contributed by atoms with van der Waals surface area (Å²) in [5, 5.41) is 4.05. The van der Waals surface area contributed by atoms with Gasteiger partial charge in [0.25, 0.3) is 0 Å². The molecule has 0 aliphatic rings. The van der Waals surface area contributed by atoms with Crippen molar-refractivity contribution < 1.29 is 4.79 Å². The Labute approximate surface area is 89.5 Å². The lowest BCUT2D eigenvalue weighted by atomic mass is 10.1. The average Bonchev–Trinajstić information content (AvgIpc) is 2.68. The SMILES string of the molecule is CCCCCC(=O)/C=C/c1ccsc1. The van der Waals surface area contributed by atoms with Crippen LogP contribution in [0.1, 0.15) is 38.2 Å². The molecule has 0 saturated heterocycles. The van der Waals surface area contributed by atoms with E-state index < -0.39 is 0 Å². The normalized spacial score (nSPS) is 10.9. The van der Waals surface area contributed by atoms with Gasteiger partial charge in [-0.1, -0.05) is 25.8 Å². The molecule has 1 rings (SSSR count). The van der Waals surface area contributed by atoms with Gasteiger partial charge in [-0.15, -0.1) is 0 Å². The van der Waals surface area contributed by atoms with Crippen LogP contribution in [0.5, 0.6) is 0 Å². The number of unbranched alkanes of at least 4 members (excludes halogenated alkanes) is 2. The van der Waals surface area contributed by atoms with E-state index in [0.717, 1.165) is 18.4 Å². The highest BCUT2D eigenvalue weighted by molar-refractivity contribution is 7.08. The summed E-state index contributed by atoms with van der Waals surface area (Å²) in [6.45, 7) is 2.14. The molecule has 14 heavy (non-hydrogen) atoms. The molecule has 0 amide bonds. The first-order chi connectivity index (χ1) is 6.83. The van der Waals surface area contributed by atoms with E-state index in [0.29, 0.717) is 6.42 Å². The number of hydrogen-bond donors (Lipinski definition) is 0. The molecule has 0 saturated carbocycles. The minimum atomic E-state index is 0.240. The third kappa shape index (κ3) is 4.38. The van der Waals surface area contributed by atoms with Gasteiger partial charge in [0.15, 0.2) is 5.78 Å². The van der Waals surface area contributed by atoms with E-state index in [4.69, 9.17) is 0 Å². The fourth-order valence-electron chi connectivity index (χ4n) is 1.19. The second kappa shape index (κ2) is 6.55. The number of carbonyl (C=O) groups excluding carboxylic acids is 1. The highest BCUT2D eigenvalue weighted by Gasteiger charge is 1.95. The molecule has 0 aliphatic heterocycles. The van der Waals surface area contributed by atoms with E-state index in [-0.39, 0.29) is 5.78 Å². The van der Waals surface area contributed by atoms with Crippen molar-refractivity contribution >= 4 is 23.2 Å². The minimum absolute atomic E-state index is 0.240. The molecule has 0 unspecified atom stereocenters. The molecule has 76 valence electrons. The molecule has 0 aliphatic carbocycles. The Kier molecular flexibility index (Phi) is 5.23. The van der Waals surface area contributed by atoms with Gasteiger partial charge in [0.05, 0.1) is 0 Å². The number of thiophene rings is 1. The van der Waals surface area contributed by atoms with Crippen LogP contribution in [0.25, 0.3) is 6.08 Å². The van der Waals surface area contributed by atoms with Crippen LogP contribution in [-0.2, 0) is 4.79 Å². The second-order valence-corrected chi connectivity index (χ2v) is 4.09. The Morgan fingerprint density at radius 3 is 3.00 bits per heavy atom. The maximum atomic E-state index is 11.3. The molecule has 0 fully saturated rings. The molecule has 0 bridgehead atoms. The zero-order chi connectivity index (χ0) is 10.2. The molecule has 0 spiro atoms. The van der Waals surface area contributed by atoms with Crippen molar-refractivity contribution in [2.45, 2.75) is 32.6 Å². The maximum absolute atomic E-state index is 11.3. The summed E-state index contributed by atoms with van der Waals surface area (Å²) < 4.78 is 0. The predicted molar refractivity (Wildman–Crippen MR) is 62.5 cm³/mol. The maximum Gasteiger partial charge on any atom is 0.155 e. The predicted octanol–water partition coefficient (Wildman–Crippen LogP) is 3.91. The lowest BCUT2D eigenvalue weighted by molar-refractivity contribution is -0.114. The zero-order valence-corrected chi connectivity index (χ0v) is 9.35. The summed E-state index contributed by atoms with van der Waals surface area (Å²) in [7, 11) is 0. The summed E-state index contributed by atoms with van der Waals surface area (Å²) in [5.74, 6) is 0.240. The van der Waals surface area contributed by atoms with Gasteiger partial charge in [-0.05, 0) is 34.9 Å². The van der Waals surface area contributed by atoms with E-state index in [2.05, 4.69) is 6.92 Å². The molecule has 0 N–H and O–H groups in total. The fraction of sp³-hybridized carbons (Fsp3) is 0.417. The standard InChI is InChI=1S/C12H16OS/c1-2-3-4-5-12(13)7-6-11-8-9-14-10-11/h6-10H,2-5H2,1H3/b7-6+. The van der Waals surface area contributed by atoms with E-state index in [9.17, 15) is 4.79 Å². The molecule has 0 aromatic carbocycles. The van der Waals surface area contributed by atoms with Crippen molar-refractivity contribution in [3.8, 4) is 0 Å². The lowest BCUT2D eigenvalue weighted by Crippen LogP contribution is -1.91. The molecule has 1 aromatic heterocycles. The van der Waals surface area contributed by atoms with Gasteiger partial charge in [-0.2, -0.15) is 11.3 Å². The Hall–Kier alpha value is -0.890. The van der Waals surface area contributed by atoms with Crippen LogP contribution in [0.3, 0.4) is 0 Å². The quantitative estimate of drug-likeness (QED) is 0.511. The van der Waals surface area contributed by atoms with E-state index in [1.807, 2.05) is 22.9 Å². The molecule has 1 heterocycles. The van der Waals surface area contributed by atoms with Crippen molar-refractivity contribution in [1.29, 1.82) is 0 Å². The van der Waals surface area contributed by atoms with Crippen LogP contribution in [0.4, 0.5) is 0 Å². The molecule has 0 radical (unpaired) electrons. The van der Waals surface area contributed by atoms with Crippen LogP contribution >= 0.6 is 11.3 Å². The van der Waals surface area contributed by atoms with Gasteiger partial charge < -0.3 is 0 Å². The van der Waals surface area contributed by atoms with Crippen LogP contribution in [0, 0.1) is 0 Å². The van der Waals surface area contributed by atoms with Crippen LogP contribution in [0.2, 0.25) is 0 Å². The monoisotopic (exact) mass is 208 g/mol. The lowest BCUT2D eigenvalue weighted by Gasteiger charge is -1.93. The van der Waals surface area contributed by atoms with Crippen LogP contribution in [0.15, 0.2) is 22.9 Å². The van der Waals surface area contributed by atoms with Gasteiger partial charge in [0, 0.05) is 6.42 Å². The Bertz CT molecular complexity index is 285. The zero-order valence-electron chi connectivity index (χ0n) is 8.53. The smallest absolute Gasteiger partial charge is 0.155 e. The number of hydrogen-bond acceptors (Lipinski definition) is 2. The fourth-order valence-corrected chi connectivity index (χ4v) is 1.82. The highest BCUT2D eigenvalue weighted by atomic mass is 32.1. The third-order valence-corrected chi connectivity index (χ3v) is 2.73. The molecule has 0 atom stereocenters. The van der Waals surface area contributed by atoms with Gasteiger partial charge in [-0.3, -0.25) is 4.79 Å². The van der Waals surface area contributed by atoms with E-state index in [1.165, 1.54) is 6.42 Å². The van der Waals surface area contributed by atoms with Crippen molar-refractivity contribution in [2.24, 2.45) is 0 Å². The second-order valence-electron chi connectivity index (χ2n) is 3.31. The average molecular weight is 208 g/mol. The van der Waals surface area contributed by atoms with Crippen molar-refractivity contribution in [3.63, 3.8) is 0 Å². The molecule has 1 nitrogen and oxygen atoms in total. The highest BCUT2D eigenvalue weighted by Crippen LogP contribution is 2.08. The van der Waals surface area contributed by atoms with Crippen LogP contribution in [-0.4, -0.2) is 5.78 Å². The largest absolute Gasteiger partial charge is 0.295 e. The van der Waals surface area contributed by atoms with Crippen molar-refractivity contribution in [1.82, 2.24) is 0 Å². The summed E-state index contributed by atoms with van der Waals surface area (Å²) in [5.41, 5.74) is 1.12. The molecule has 1 aromatic rings. The van der Waals surface area contributed by atoms with Gasteiger partial charge >= 0.3 is 0 Å². The Morgan fingerprint density at radius 2 is 2.36 bits per heavy atom. The molecule has 2 heteroatoms. The summed E-state index contributed by atoms with van der Waals surface area (Å²) in [6.07, 6.45) is 7.61. The van der Waals surface area contributed by atoms with E-state index in [1.54, 1.807) is 17.4 Å². The number of carbonyl (C=O) groups is 1. The van der Waals surface area contributed by atoms with Gasteiger partial charge in [0.2, 0.25) is 0 Å². The summed E-state index contributed by atoms with van der Waals surface area (Å²) in [4.78, 5) is 11.3. The van der Waals surface area contributed by atoms with Gasteiger partial charge in [0.1, 0.15) is 0 Å². The number of rotatable bonds is 6. The number of allylic oxidation sites excluding steroid dienone is 1. The first-order valence-electron chi connectivity index (χ1n) is 5.06. The first kappa shape index (κ1) is 11.2. The summed E-state index contributed by atoms with van der Waals surface area (Å²) >= 11 is 1.65. The van der Waals surface area contributed by atoms with E-state index >= 15 is 0 Å². The first-order valence-corrected chi connectivity index (χ1v) is 6.00. The van der Waals surface area contributed by atoms with Crippen LogP contribution < -0.4 is 0 Å². The Balaban J connectivity index is 2.26. The minimum Gasteiger partial charge on any atom is -0.295 e. The topological polar surface area (TPSA) is 17.1 Å². The molecular formula is C12H16OS. The molecular weight excluding hydrogens is 192 g/mol. The number of ketones is 1.